The molecule has 0 spiro atoms. The van der Waals surface area contributed by atoms with E-state index in [0.717, 1.165) is 50.2 Å². The van der Waals surface area contributed by atoms with Crippen molar-refractivity contribution >= 4 is 11.0 Å². The number of pyridine rings is 1. The van der Waals surface area contributed by atoms with Crippen LogP contribution in [0.2, 0.25) is 0 Å². The first-order valence-corrected chi connectivity index (χ1v) is 18.0. The third-order valence-electron chi connectivity index (χ3n) is 10.7. The number of fused-ring (bicyclic) bond motifs is 4. The maximum absolute atomic E-state index is 5.14. The quantitative estimate of drug-likeness (QED) is 0.176. The number of rotatable bonds is 6. The summed E-state index contributed by atoms with van der Waals surface area (Å²) >= 11 is 0. The minimum atomic E-state index is -0.521. The predicted octanol–water partition coefficient (Wildman–Crippen LogP) is 12.1. The van der Waals surface area contributed by atoms with E-state index in [1.54, 1.807) is 0 Å². The van der Waals surface area contributed by atoms with Gasteiger partial charge < -0.3 is 0 Å². The van der Waals surface area contributed by atoms with Crippen LogP contribution in [0, 0.1) is 0 Å². The molecule has 0 saturated heterocycles. The summed E-state index contributed by atoms with van der Waals surface area (Å²) in [5.74, 6) is 0. The highest BCUT2D eigenvalue weighted by molar-refractivity contribution is 5.91. The van der Waals surface area contributed by atoms with E-state index in [1.165, 1.54) is 38.9 Å². The van der Waals surface area contributed by atoms with Crippen molar-refractivity contribution in [1.29, 1.82) is 0 Å². The van der Waals surface area contributed by atoms with Gasteiger partial charge in [-0.1, -0.05) is 158 Å². The van der Waals surface area contributed by atoms with E-state index in [-0.39, 0.29) is 0 Å². The van der Waals surface area contributed by atoms with Gasteiger partial charge in [-0.25, -0.2) is 9.97 Å². The monoisotopic (exact) mass is 675 g/mol. The Hall–Kier alpha value is -6.97. The predicted molar refractivity (Wildman–Crippen MR) is 216 cm³/mol. The van der Waals surface area contributed by atoms with E-state index in [2.05, 4.69) is 157 Å². The molecule has 7 aromatic carbocycles. The second-order valence-electron chi connectivity index (χ2n) is 13.6. The number of hydrogen-bond acceptors (Lipinski definition) is 3. The molecule has 248 valence electrons. The molecule has 0 aliphatic heterocycles. The lowest BCUT2D eigenvalue weighted by Crippen LogP contribution is -2.28. The molecule has 2 heterocycles. The van der Waals surface area contributed by atoms with Gasteiger partial charge in [0.1, 0.15) is 0 Å². The zero-order chi connectivity index (χ0) is 35.2. The fourth-order valence-corrected chi connectivity index (χ4v) is 8.20. The highest BCUT2D eigenvalue weighted by atomic mass is 14.8. The van der Waals surface area contributed by atoms with Crippen molar-refractivity contribution < 1.29 is 0 Å². The normalized spacial score (nSPS) is 12.7. The summed E-state index contributed by atoms with van der Waals surface area (Å²) in [5, 5.41) is 0. The first-order valence-electron chi connectivity index (χ1n) is 18.0. The van der Waals surface area contributed by atoms with Crippen LogP contribution < -0.4 is 0 Å². The summed E-state index contributed by atoms with van der Waals surface area (Å²) in [5.41, 5.74) is 17.2. The van der Waals surface area contributed by atoms with Gasteiger partial charge in [-0.05, 0) is 86.0 Å². The van der Waals surface area contributed by atoms with Gasteiger partial charge in [-0.3, -0.25) is 4.98 Å². The fourth-order valence-electron chi connectivity index (χ4n) is 8.20. The van der Waals surface area contributed by atoms with Crippen molar-refractivity contribution in [3.05, 3.63) is 223 Å². The van der Waals surface area contributed by atoms with Gasteiger partial charge in [0.15, 0.2) is 0 Å². The summed E-state index contributed by atoms with van der Waals surface area (Å²) in [7, 11) is 0. The molecule has 2 aromatic heterocycles. The van der Waals surface area contributed by atoms with Gasteiger partial charge >= 0.3 is 0 Å². The van der Waals surface area contributed by atoms with Gasteiger partial charge in [0.25, 0.3) is 0 Å². The van der Waals surface area contributed by atoms with E-state index in [4.69, 9.17) is 9.97 Å². The maximum atomic E-state index is 5.14. The van der Waals surface area contributed by atoms with Crippen molar-refractivity contribution in [2.45, 2.75) is 5.41 Å². The van der Waals surface area contributed by atoms with Crippen LogP contribution in [0.15, 0.2) is 200 Å². The maximum Gasteiger partial charge on any atom is 0.0973 e. The Labute approximate surface area is 309 Å². The van der Waals surface area contributed by atoms with Crippen molar-refractivity contribution in [2.24, 2.45) is 0 Å². The average Bonchev–Trinajstić information content (AvgIpc) is 3.54. The van der Waals surface area contributed by atoms with E-state index in [9.17, 15) is 0 Å². The van der Waals surface area contributed by atoms with E-state index < -0.39 is 5.41 Å². The minimum absolute atomic E-state index is 0.521. The molecular formula is C50H33N3. The Bertz CT molecular complexity index is 2700. The van der Waals surface area contributed by atoms with E-state index in [0.29, 0.717) is 0 Å². The van der Waals surface area contributed by atoms with Gasteiger partial charge in [0.2, 0.25) is 0 Å². The van der Waals surface area contributed by atoms with Crippen molar-refractivity contribution in [3.63, 3.8) is 0 Å². The molecule has 1 aliphatic carbocycles. The summed E-state index contributed by atoms with van der Waals surface area (Å²) in [6, 6.07) is 67.2. The largest absolute Gasteiger partial charge is 0.264 e. The molecule has 0 bridgehead atoms. The number of hydrogen-bond donors (Lipinski definition) is 0. The molecule has 0 fully saturated rings. The SMILES string of the molecule is c1ccc(-c2nc3ccccc3nc2-c2ccc(-c3ccc4c(c3)C(c3ccccc3)(c3ccccc3)c3cc(-c5cccnc5)ccc3-4)cc2)cc1. The summed E-state index contributed by atoms with van der Waals surface area (Å²) in [6.07, 6.45) is 3.78. The minimum Gasteiger partial charge on any atom is -0.264 e. The summed E-state index contributed by atoms with van der Waals surface area (Å²) in [6.45, 7) is 0. The molecule has 1 aliphatic rings. The van der Waals surface area contributed by atoms with Crippen LogP contribution in [0.3, 0.4) is 0 Å². The molecule has 9 aromatic rings. The molecule has 0 radical (unpaired) electrons. The average molecular weight is 676 g/mol. The number of para-hydroxylation sites is 2. The molecule has 3 nitrogen and oxygen atoms in total. The van der Waals surface area contributed by atoms with Gasteiger partial charge in [0, 0.05) is 23.5 Å². The Kier molecular flexibility index (Phi) is 7.36. The lowest BCUT2D eigenvalue weighted by molar-refractivity contribution is 0.769. The Morgan fingerprint density at radius 2 is 0.774 bits per heavy atom. The second-order valence-corrected chi connectivity index (χ2v) is 13.6. The highest BCUT2D eigenvalue weighted by Gasteiger charge is 2.46. The van der Waals surface area contributed by atoms with E-state index >= 15 is 0 Å². The van der Waals surface area contributed by atoms with Crippen LogP contribution in [0.5, 0.6) is 0 Å². The lowest BCUT2D eigenvalue weighted by Gasteiger charge is -2.34. The first-order chi connectivity index (χ1) is 26.3. The standard InChI is InChI=1S/C50H33N3/c1-4-13-35(14-5-1)48-49(53-47-21-11-10-20-46(47)52-48)36-24-22-34(23-25-36)37-26-28-42-43-29-27-38(39-15-12-30-51-33-39)32-45(43)50(44(42)31-37,40-16-6-2-7-17-40)41-18-8-3-9-19-41/h1-33H. The molecule has 0 amide bonds. The van der Waals surface area contributed by atoms with Gasteiger partial charge in [-0.2, -0.15) is 0 Å². The van der Waals surface area contributed by atoms with Gasteiger partial charge in [0.05, 0.1) is 27.8 Å². The molecule has 0 saturated carbocycles. The Morgan fingerprint density at radius 3 is 1.30 bits per heavy atom. The highest BCUT2D eigenvalue weighted by Crippen LogP contribution is 2.57. The topological polar surface area (TPSA) is 38.7 Å². The first kappa shape index (κ1) is 30.8. The fraction of sp³-hybridized carbons (Fsp3) is 0.0200. The van der Waals surface area contributed by atoms with Crippen molar-refractivity contribution in [2.75, 3.05) is 0 Å². The molecular weight excluding hydrogens is 643 g/mol. The number of benzene rings is 7. The molecule has 0 unspecified atom stereocenters. The molecule has 53 heavy (non-hydrogen) atoms. The molecule has 0 atom stereocenters. The van der Waals surface area contributed by atoms with Crippen molar-refractivity contribution in [1.82, 2.24) is 15.0 Å². The zero-order valence-electron chi connectivity index (χ0n) is 28.9. The Balaban J connectivity index is 1.14. The van der Waals surface area contributed by atoms with Crippen LogP contribution >= 0.6 is 0 Å². The van der Waals surface area contributed by atoms with Crippen LogP contribution in [0.1, 0.15) is 22.3 Å². The third-order valence-corrected chi connectivity index (χ3v) is 10.7. The number of nitrogens with zero attached hydrogens (tertiary/aromatic N) is 3. The van der Waals surface area contributed by atoms with Gasteiger partial charge in [-0.15, -0.1) is 0 Å². The lowest BCUT2D eigenvalue weighted by atomic mass is 9.67. The third kappa shape index (κ3) is 5.09. The Morgan fingerprint density at radius 1 is 0.340 bits per heavy atom. The van der Waals surface area contributed by atoms with Crippen LogP contribution in [0.25, 0.3) is 66.9 Å². The van der Waals surface area contributed by atoms with Crippen LogP contribution in [0.4, 0.5) is 0 Å². The molecule has 3 heteroatoms. The summed E-state index contributed by atoms with van der Waals surface area (Å²) in [4.78, 5) is 14.7. The summed E-state index contributed by atoms with van der Waals surface area (Å²) < 4.78 is 0. The van der Waals surface area contributed by atoms with E-state index in [1.807, 2.05) is 48.8 Å². The zero-order valence-corrected chi connectivity index (χ0v) is 28.9. The van der Waals surface area contributed by atoms with Crippen LogP contribution in [-0.2, 0) is 5.41 Å². The molecule has 0 N–H and O–H groups in total. The molecule has 10 rings (SSSR count). The smallest absolute Gasteiger partial charge is 0.0973 e. The van der Waals surface area contributed by atoms with Crippen molar-refractivity contribution in [3.8, 4) is 55.9 Å². The number of aromatic nitrogens is 3. The van der Waals surface area contributed by atoms with Crippen LogP contribution in [-0.4, -0.2) is 15.0 Å². The second kappa shape index (κ2) is 12.7.